The zero-order valence-electron chi connectivity index (χ0n) is 10.1. The summed E-state index contributed by atoms with van der Waals surface area (Å²) in [6, 6.07) is 6.37. The summed E-state index contributed by atoms with van der Waals surface area (Å²) in [5.74, 6) is 0. The zero-order chi connectivity index (χ0) is 14.5. The fourth-order valence-corrected chi connectivity index (χ4v) is 1.96. The first-order chi connectivity index (χ1) is 8.89. The Balaban J connectivity index is 3.28. The molecule has 2 N–H and O–H groups in total. The number of alkyl halides is 3. The predicted octanol–water partition coefficient (Wildman–Crippen LogP) is 2.23. The quantitative estimate of drug-likeness (QED) is 0.864. The molecule has 0 amide bonds. The molecular weight excluding hydrogens is 259 g/mol. The highest BCUT2D eigenvalue weighted by molar-refractivity contribution is 5.36. The fourth-order valence-electron chi connectivity index (χ4n) is 1.96. The molecule has 1 rings (SSSR count). The van der Waals surface area contributed by atoms with E-state index in [1.54, 1.807) is 0 Å². The lowest BCUT2D eigenvalue weighted by molar-refractivity contribution is -0.137. The number of nitrogens with zero attached hydrogens (tertiary/aromatic N) is 1. The summed E-state index contributed by atoms with van der Waals surface area (Å²) in [5.41, 5.74) is -1.99. The van der Waals surface area contributed by atoms with Gasteiger partial charge in [-0.05, 0) is 24.5 Å². The molecule has 0 heterocycles. The van der Waals surface area contributed by atoms with Gasteiger partial charge in [0, 0.05) is 13.2 Å². The monoisotopic (exact) mass is 273 g/mol. The summed E-state index contributed by atoms with van der Waals surface area (Å²) in [4.78, 5) is 0. The van der Waals surface area contributed by atoms with Crippen LogP contribution in [0.15, 0.2) is 24.3 Å². The Labute approximate surface area is 108 Å². The van der Waals surface area contributed by atoms with E-state index >= 15 is 0 Å². The Morgan fingerprint density at radius 2 is 1.58 bits per heavy atom. The van der Waals surface area contributed by atoms with Crippen molar-refractivity contribution in [3.05, 3.63) is 35.4 Å². The van der Waals surface area contributed by atoms with E-state index < -0.39 is 17.2 Å². The minimum absolute atomic E-state index is 0.0224. The van der Waals surface area contributed by atoms with Crippen molar-refractivity contribution < 1.29 is 23.4 Å². The smallest absolute Gasteiger partial charge is 0.396 e. The van der Waals surface area contributed by atoms with Crippen molar-refractivity contribution in [2.45, 2.75) is 24.4 Å². The van der Waals surface area contributed by atoms with Crippen LogP contribution in [-0.2, 0) is 11.6 Å². The molecule has 0 spiro atoms. The predicted molar refractivity (Wildman–Crippen MR) is 62.1 cm³/mol. The van der Waals surface area contributed by atoms with Gasteiger partial charge in [0.05, 0.1) is 17.0 Å². The van der Waals surface area contributed by atoms with E-state index in [-0.39, 0.29) is 31.6 Å². The van der Waals surface area contributed by atoms with E-state index in [0.29, 0.717) is 0 Å². The number of hydrogen-bond donors (Lipinski definition) is 2. The molecule has 0 fully saturated rings. The van der Waals surface area contributed by atoms with Gasteiger partial charge in [-0.2, -0.15) is 18.4 Å². The lowest BCUT2D eigenvalue weighted by Crippen LogP contribution is -2.27. The Bertz CT molecular complexity index is 460. The fraction of sp³-hybridized carbons (Fsp3) is 0.462. The Morgan fingerprint density at radius 1 is 1.05 bits per heavy atom. The van der Waals surface area contributed by atoms with Crippen LogP contribution in [0, 0.1) is 11.3 Å². The first kappa shape index (κ1) is 15.5. The summed E-state index contributed by atoms with van der Waals surface area (Å²) in [7, 11) is 0. The lowest BCUT2D eigenvalue weighted by Gasteiger charge is -2.26. The maximum atomic E-state index is 12.7. The van der Waals surface area contributed by atoms with E-state index in [0.717, 1.165) is 12.1 Å². The minimum atomic E-state index is -4.49. The molecule has 0 aliphatic rings. The first-order valence-corrected chi connectivity index (χ1v) is 5.70. The standard InChI is InChI=1S/C13H14F3NO2/c14-13(15,16)11-3-1-2-10(8-11)12(9-17,4-6-18)5-7-19/h1-3,8,18-19H,4-7H2. The highest BCUT2D eigenvalue weighted by Crippen LogP contribution is 2.35. The summed E-state index contributed by atoms with van der Waals surface area (Å²) in [6.45, 7) is -0.687. The highest BCUT2D eigenvalue weighted by Gasteiger charge is 2.35. The third-order valence-electron chi connectivity index (χ3n) is 3.03. The van der Waals surface area contributed by atoms with Crippen LogP contribution >= 0.6 is 0 Å². The summed E-state index contributed by atoms with van der Waals surface area (Å²) in [5, 5.41) is 27.2. The number of aliphatic hydroxyl groups excluding tert-OH is 2. The third-order valence-corrected chi connectivity index (χ3v) is 3.03. The van der Waals surface area contributed by atoms with Gasteiger partial charge >= 0.3 is 6.18 Å². The average molecular weight is 273 g/mol. The van der Waals surface area contributed by atoms with Crippen LogP contribution in [0.4, 0.5) is 13.2 Å². The highest BCUT2D eigenvalue weighted by atomic mass is 19.4. The molecule has 1 aromatic carbocycles. The van der Waals surface area contributed by atoms with E-state index in [1.165, 1.54) is 12.1 Å². The molecule has 104 valence electrons. The van der Waals surface area contributed by atoms with Crippen molar-refractivity contribution >= 4 is 0 Å². The normalized spacial score (nSPS) is 12.2. The van der Waals surface area contributed by atoms with Gasteiger partial charge in [-0.25, -0.2) is 0 Å². The maximum absolute atomic E-state index is 12.7. The number of nitriles is 1. The van der Waals surface area contributed by atoms with Gasteiger partial charge in [0.2, 0.25) is 0 Å². The van der Waals surface area contributed by atoms with Crippen molar-refractivity contribution in [1.29, 1.82) is 5.26 Å². The van der Waals surface area contributed by atoms with Gasteiger partial charge in [0.15, 0.2) is 0 Å². The molecule has 0 saturated heterocycles. The summed E-state index contributed by atoms with van der Waals surface area (Å²) >= 11 is 0. The topological polar surface area (TPSA) is 64.2 Å². The van der Waals surface area contributed by atoms with Crippen LogP contribution in [0.3, 0.4) is 0 Å². The number of benzene rings is 1. The Morgan fingerprint density at radius 3 is 2.00 bits per heavy atom. The van der Waals surface area contributed by atoms with Crippen molar-refractivity contribution in [1.82, 2.24) is 0 Å². The van der Waals surface area contributed by atoms with E-state index in [1.807, 2.05) is 6.07 Å². The number of rotatable bonds is 5. The minimum Gasteiger partial charge on any atom is -0.396 e. The van der Waals surface area contributed by atoms with Crippen molar-refractivity contribution in [2.75, 3.05) is 13.2 Å². The van der Waals surface area contributed by atoms with Gasteiger partial charge < -0.3 is 10.2 Å². The Kier molecular flexibility index (Phi) is 4.92. The van der Waals surface area contributed by atoms with Crippen LogP contribution in [0.25, 0.3) is 0 Å². The van der Waals surface area contributed by atoms with Crippen LogP contribution < -0.4 is 0 Å². The number of halogens is 3. The first-order valence-electron chi connectivity index (χ1n) is 5.70. The number of aliphatic hydroxyl groups is 2. The largest absolute Gasteiger partial charge is 0.416 e. The van der Waals surface area contributed by atoms with Crippen molar-refractivity contribution in [3.63, 3.8) is 0 Å². The second-order valence-corrected chi connectivity index (χ2v) is 4.22. The lowest BCUT2D eigenvalue weighted by atomic mass is 9.76. The zero-order valence-corrected chi connectivity index (χ0v) is 10.1. The van der Waals surface area contributed by atoms with Crippen LogP contribution in [0.5, 0.6) is 0 Å². The van der Waals surface area contributed by atoms with Gasteiger partial charge in [0.1, 0.15) is 0 Å². The molecule has 0 bridgehead atoms. The van der Waals surface area contributed by atoms with Gasteiger partial charge in [-0.3, -0.25) is 0 Å². The molecule has 0 unspecified atom stereocenters. The summed E-state index contributed by atoms with van der Waals surface area (Å²) in [6.07, 6.45) is -4.54. The van der Waals surface area contributed by atoms with Gasteiger partial charge in [0.25, 0.3) is 0 Å². The van der Waals surface area contributed by atoms with Gasteiger partial charge in [-0.1, -0.05) is 18.2 Å². The molecule has 0 saturated carbocycles. The SMILES string of the molecule is N#CC(CCO)(CCO)c1cccc(C(F)(F)F)c1. The molecular formula is C13H14F3NO2. The maximum Gasteiger partial charge on any atom is 0.416 e. The third kappa shape index (κ3) is 3.46. The van der Waals surface area contributed by atoms with Crippen LogP contribution in [-0.4, -0.2) is 23.4 Å². The molecule has 0 atom stereocenters. The van der Waals surface area contributed by atoms with Crippen molar-refractivity contribution in [3.8, 4) is 6.07 Å². The summed E-state index contributed by atoms with van der Waals surface area (Å²) < 4.78 is 38.0. The molecule has 0 aliphatic heterocycles. The molecule has 0 aliphatic carbocycles. The van der Waals surface area contributed by atoms with Crippen LogP contribution in [0.2, 0.25) is 0 Å². The molecule has 0 radical (unpaired) electrons. The Hall–Kier alpha value is -1.58. The number of hydrogen-bond acceptors (Lipinski definition) is 3. The molecule has 6 heteroatoms. The van der Waals surface area contributed by atoms with Gasteiger partial charge in [-0.15, -0.1) is 0 Å². The molecule has 19 heavy (non-hydrogen) atoms. The van der Waals surface area contributed by atoms with E-state index in [2.05, 4.69) is 0 Å². The van der Waals surface area contributed by atoms with E-state index in [4.69, 9.17) is 10.2 Å². The molecule has 1 aromatic rings. The molecule has 0 aromatic heterocycles. The van der Waals surface area contributed by atoms with Crippen molar-refractivity contribution in [2.24, 2.45) is 0 Å². The van der Waals surface area contributed by atoms with E-state index in [9.17, 15) is 18.4 Å². The van der Waals surface area contributed by atoms with Crippen LogP contribution in [0.1, 0.15) is 24.0 Å². The second-order valence-electron chi connectivity index (χ2n) is 4.22. The average Bonchev–Trinajstić information content (AvgIpc) is 2.37. The molecule has 3 nitrogen and oxygen atoms in total. The second kappa shape index (κ2) is 6.04.